The fourth-order valence-corrected chi connectivity index (χ4v) is 2.46. The van der Waals surface area contributed by atoms with E-state index in [2.05, 4.69) is 12.2 Å². The predicted octanol–water partition coefficient (Wildman–Crippen LogP) is 1.92. The van der Waals surface area contributed by atoms with Crippen LogP contribution in [0.15, 0.2) is 0 Å². The highest BCUT2D eigenvalue weighted by atomic mass is 19.4. The van der Waals surface area contributed by atoms with Crippen LogP contribution in [0.4, 0.5) is 13.2 Å². The zero-order valence-electron chi connectivity index (χ0n) is 12.8. The molecule has 7 heteroatoms. The molecular weight excluding hydrogens is 285 g/mol. The minimum Gasteiger partial charge on any atom is -0.382 e. The number of carbonyl (C=O) groups excluding carboxylic acids is 1. The van der Waals surface area contributed by atoms with Crippen molar-refractivity contribution in [2.24, 2.45) is 5.92 Å². The van der Waals surface area contributed by atoms with E-state index in [-0.39, 0.29) is 11.9 Å². The predicted molar refractivity (Wildman–Crippen MR) is 73.7 cm³/mol. The van der Waals surface area contributed by atoms with Crippen LogP contribution in [0.1, 0.15) is 39.5 Å². The second-order valence-corrected chi connectivity index (χ2v) is 6.14. The van der Waals surface area contributed by atoms with Gasteiger partial charge in [-0.05, 0) is 45.6 Å². The monoisotopic (exact) mass is 310 g/mol. The van der Waals surface area contributed by atoms with Gasteiger partial charge in [-0.15, -0.1) is 0 Å². The van der Waals surface area contributed by atoms with E-state index in [9.17, 15) is 18.0 Å². The largest absolute Gasteiger partial charge is 0.415 e. The van der Waals surface area contributed by atoms with E-state index in [0.717, 1.165) is 25.7 Å². The van der Waals surface area contributed by atoms with Gasteiger partial charge in [0.25, 0.3) is 0 Å². The number of alkyl halides is 3. The molecular formula is C14H25F3N2O2. The lowest BCUT2D eigenvalue weighted by Crippen LogP contribution is -2.50. The molecule has 2 N–H and O–H groups in total. The zero-order chi connectivity index (χ0) is 16.2. The third-order valence-corrected chi connectivity index (χ3v) is 4.24. The van der Waals surface area contributed by atoms with Gasteiger partial charge in [-0.25, -0.2) is 0 Å². The average molecular weight is 310 g/mol. The van der Waals surface area contributed by atoms with Gasteiger partial charge in [-0.3, -0.25) is 9.69 Å². The molecule has 0 bridgehead atoms. The van der Waals surface area contributed by atoms with Crippen molar-refractivity contribution in [2.45, 2.75) is 63.9 Å². The number of carbonyl (C=O) groups is 1. The Labute approximate surface area is 123 Å². The second kappa shape index (κ2) is 7.45. The molecule has 1 rings (SSSR count). The van der Waals surface area contributed by atoms with Crippen LogP contribution in [0.2, 0.25) is 0 Å². The summed E-state index contributed by atoms with van der Waals surface area (Å²) in [5, 5.41) is 11.9. The van der Waals surface area contributed by atoms with Gasteiger partial charge in [0.1, 0.15) is 0 Å². The van der Waals surface area contributed by atoms with Gasteiger partial charge in [-0.1, -0.05) is 6.92 Å². The van der Waals surface area contributed by atoms with Gasteiger partial charge in [0.2, 0.25) is 5.91 Å². The number of nitrogens with one attached hydrogen (secondary N) is 1. The van der Waals surface area contributed by atoms with Crippen molar-refractivity contribution in [2.75, 3.05) is 13.6 Å². The molecule has 124 valence electrons. The van der Waals surface area contributed by atoms with E-state index in [0.29, 0.717) is 5.92 Å². The molecule has 1 saturated carbocycles. The molecule has 0 saturated heterocycles. The van der Waals surface area contributed by atoms with E-state index >= 15 is 0 Å². The fraction of sp³-hybridized carbons (Fsp3) is 0.929. The molecule has 1 aliphatic carbocycles. The number of amides is 1. The number of hydrogen-bond donors (Lipinski definition) is 2. The first-order valence-electron chi connectivity index (χ1n) is 7.36. The van der Waals surface area contributed by atoms with Crippen molar-refractivity contribution >= 4 is 5.91 Å². The molecule has 0 radical (unpaired) electrons. The molecule has 0 spiro atoms. The normalized spacial score (nSPS) is 26.5. The van der Waals surface area contributed by atoms with Gasteiger partial charge in [-0.2, -0.15) is 13.2 Å². The summed E-state index contributed by atoms with van der Waals surface area (Å²) in [6.07, 6.45) is -3.16. The van der Waals surface area contributed by atoms with Crippen molar-refractivity contribution in [1.29, 1.82) is 0 Å². The summed E-state index contributed by atoms with van der Waals surface area (Å²) in [6.45, 7) is 3.11. The smallest absolute Gasteiger partial charge is 0.382 e. The van der Waals surface area contributed by atoms with Crippen molar-refractivity contribution in [3.05, 3.63) is 0 Å². The molecule has 0 aromatic carbocycles. The van der Waals surface area contributed by atoms with Gasteiger partial charge in [0.05, 0.1) is 6.04 Å². The molecule has 1 fully saturated rings. The van der Waals surface area contributed by atoms with E-state index < -0.39 is 24.9 Å². The second-order valence-electron chi connectivity index (χ2n) is 6.14. The van der Waals surface area contributed by atoms with Crippen LogP contribution in [-0.2, 0) is 4.79 Å². The molecule has 0 aliphatic heterocycles. The Kier molecular flexibility index (Phi) is 6.46. The Morgan fingerprint density at radius 2 is 1.86 bits per heavy atom. The Morgan fingerprint density at radius 1 is 1.33 bits per heavy atom. The maximum Gasteiger partial charge on any atom is 0.415 e. The molecule has 2 atom stereocenters. The lowest BCUT2D eigenvalue weighted by molar-refractivity contribution is -0.208. The molecule has 21 heavy (non-hydrogen) atoms. The van der Waals surface area contributed by atoms with Crippen LogP contribution in [-0.4, -0.2) is 53.9 Å². The van der Waals surface area contributed by atoms with Crippen LogP contribution in [0, 0.1) is 5.92 Å². The van der Waals surface area contributed by atoms with Gasteiger partial charge in [0, 0.05) is 12.6 Å². The first-order valence-corrected chi connectivity index (χ1v) is 7.36. The van der Waals surface area contributed by atoms with Crippen molar-refractivity contribution < 1.29 is 23.1 Å². The molecule has 4 nitrogen and oxygen atoms in total. The maximum absolute atomic E-state index is 12.3. The molecule has 0 aromatic rings. The summed E-state index contributed by atoms with van der Waals surface area (Å²) in [6, 6.07) is -0.599. The van der Waals surface area contributed by atoms with Crippen molar-refractivity contribution in [3.8, 4) is 0 Å². The van der Waals surface area contributed by atoms with E-state index in [4.69, 9.17) is 5.11 Å². The topological polar surface area (TPSA) is 52.6 Å². The van der Waals surface area contributed by atoms with Gasteiger partial charge >= 0.3 is 6.18 Å². The zero-order valence-corrected chi connectivity index (χ0v) is 12.8. The first-order chi connectivity index (χ1) is 9.61. The average Bonchev–Trinajstić information content (AvgIpc) is 2.39. The lowest BCUT2D eigenvalue weighted by atomic mass is 9.87. The Morgan fingerprint density at radius 3 is 2.33 bits per heavy atom. The minimum atomic E-state index is -4.66. The van der Waals surface area contributed by atoms with E-state index in [1.807, 2.05) is 0 Å². The first kappa shape index (κ1) is 18.2. The molecule has 1 aliphatic rings. The lowest BCUT2D eigenvalue weighted by Gasteiger charge is -2.31. The summed E-state index contributed by atoms with van der Waals surface area (Å²) < 4.78 is 36.9. The number of rotatable bonds is 5. The Bertz CT molecular complexity index is 342. The van der Waals surface area contributed by atoms with Gasteiger partial charge < -0.3 is 10.4 Å². The van der Waals surface area contributed by atoms with E-state index in [1.165, 1.54) is 11.9 Å². The summed E-state index contributed by atoms with van der Waals surface area (Å²) in [5.41, 5.74) is 0. The van der Waals surface area contributed by atoms with Crippen LogP contribution in [0.5, 0.6) is 0 Å². The van der Waals surface area contributed by atoms with Crippen LogP contribution >= 0.6 is 0 Å². The van der Waals surface area contributed by atoms with Crippen LogP contribution in [0.25, 0.3) is 0 Å². The third kappa shape index (κ3) is 5.82. The minimum absolute atomic E-state index is 0.108. The van der Waals surface area contributed by atoms with Crippen molar-refractivity contribution in [3.63, 3.8) is 0 Å². The highest BCUT2D eigenvalue weighted by molar-refractivity contribution is 5.81. The molecule has 2 unspecified atom stereocenters. The quantitative estimate of drug-likeness (QED) is 0.816. The number of nitrogens with zero attached hydrogens (tertiary/aromatic N) is 1. The molecule has 0 aromatic heterocycles. The SMILES string of the molecule is CC1CCC(NC(=O)C(C)N(C)CC(O)C(F)(F)F)CC1. The number of likely N-dealkylation sites (N-methyl/N-ethyl adjacent to an activating group) is 1. The Balaban J connectivity index is 2.42. The number of aliphatic hydroxyl groups excluding tert-OH is 1. The van der Waals surface area contributed by atoms with Crippen molar-refractivity contribution in [1.82, 2.24) is 10.2 Å². The summed E-state index contributed by atoms with van der Waals surface area (Å²) >= 11 is 0. The number of aliphatic hydroxyl groups is 1. The third-order valence-electron chi connectivity index (χ3n) is 4.24. The fourth-order valence-electron chi connectivity index (χ4n) is 2.46. The molecule has 0 heterocycles. The van der Waals surface area contributed by atoms with Gasteiger partial charge in [0.15, 0.2) is 6.10 Å². The summed E-state index contributed by atoms with van der Waals surface area (Å²) in [7, 11) is 1.40. The highest BCUT2D eigenvalue weighted by Gasteiger charge is 2.39. The number of halogens is 3. The standard InChI is InChI=1S/C14H25F3N2O2/c1-9-4-6-11(7-5-9)18-13(21)10(2)19(3)8-12(20)14(15,16)17/h9-12,20H,4-8H2,1-3H3,(H,18,21). The molecule has 1 amide bonds. The highest BCUT2D eigenvalue weighted by Crippen LogP contribution is 2.24. The summed E-state index contributed by atoms with van der Waals surface area (Å²) in [5.74, 6) is 0.381. The van der Waals surface area contributed by atoms with E-state index in [1.54, 1.807) is 6.92 Å². The van der Waals surface area contributed by atoms with Crippen LogP contribution in [0.3, 0.4) is 0 Å². The number of hydrogen-bond acceptors (Lipinski definition) is 3. The Hall–Kier alpha value is -0.820. The summed E-state index contributed by atoms with van der Waals surface area (Å²) in [4.78, 5) is 13.3. The van der Waals surface area contributed by atoms with Crippen LogP contribution < -0.4 is 5.32 Å². The maximum atomic E-state index is 12.3.